The average Bonchev–Trinajstić information content (AvgIpc) is 2.45. The number of halogens is 3. The highest BCUT2D eigenvalue weighted by atomic mass is 19.4. The van der Waals surface area contributed by atoms with Gasteiger partial charge >= 0.3 is 6.18 Å². The fourth-order valence-electron chi connectivity index (χ4n) is 2.46. The van der Waals surface area contributed by atoms with Crippen molar-refractivity contribution in [3.05, 3.63) is 65.9 Å². The van der Waals surface area contributed by atoms with Crippen LogP contribution in [0.4, 0.5) is 13.2 Å². The van der Waals surface area contributed by atoms with Gasteiger partial charge in [0.15, 0.2) is 0 Å². The Hall–Kier alpha value is -2.36. The molecule has 106 valence electrons. The lowest BCUT2D eigenvalue weighted by Gasteiger charge is -2.13. The molecule has 0 radical (unpaired) electrons. The summed E-state index contributed by atoms with van der Waals surface area (Å²) in [5.74, 6) is 0. The van der Waals surface area contributed by atoms with Gasteiger partial charge in [0.1, 0.15) is 0 Å². The number of alkyl halides is 3. The Bertz CT molecular complexity index is 792. The predicted octanol–water partition coefficient (Wildman–Crippen LogP) is 5.23. The molecule has 0 fully saturated rings. The number of fused-ring (bicyclic) bond motifs is 1. The number of hydrogen-bond acceptors (Lipinski definition) is 1. The minimum absolute atomic E-state index is 0.00357. The molecular weight excluding hydrogens is 275 g/mol. The molecule has 0 unspecified atom stereocenters. The highest BCUT2D eigenvalue weighted by Crippen LogP contribution is 2.37. The molecule has 0 bridgehead atoms. The molecule has 0 saturated heterocycles. The first-order valence-electron chi connectivity index (χ1n) is 6.50. The zero-order valence-electron chi connectivity index (χ0n) is 11.3. The molecule has 0 atom stereocenters. The highest BCUT2D eigenvalue weighted by molar-refractivity contribution is 5.96. The molecule has 0 amide bonds. The first-order chi connectivity index (χ1) is 9.97. The molecule has 2 aromatic carbocycles. The van der Waals surface area contributed by atoms with Crippen molar-refractivity contribution in [2.45, 2.75) is 13.1 Å². The van der Waals surface area contributed by atoms with Crippen LogP contribution in [0.2, 0.25) is 0 Å². The van der Waals surface area contributed by atoms with Crippen molar-refractivity contribution in [3.63, 3.8) is 0 Å². The van der Waals surface area contributed by atoms with Crippen molar-refractivity contribution in [3.8, 4) is 11.1 Å². The number of aromatic nitrogens is 1. The molecule has 3 aromatic rings. The Morgan fingerprint density at radius 2 is 1.62 bits per heavy atom. The predicted molar refractivity (Wildman–Crippen MR) is 76.9 cm³/mol. The lowest BCUT2D eigenvalue weighted by molar-refractivity contribution is -0.136. The maximum Gasteiger partial charge on any atom is 0.418 e. The van der Waals surface area contributed by atoms with Crippen LogP contribution in [0.15, 0.2) is 54.6 Å². The van der Waals surface area contributed by atoms with Gasteiger partial charge in [-0.15, -0.1) is 0 Å². The molecule has 1 nitrogen and oxygen atoms in total. The number of aryl methyl sites for hydroxylation is 1. The summed E-state index contributed by atoms with van der Waals surface area (Å²) in [5, 5.41) is 0.515. The van der Waals surface area contributed by atoms with Gasteiger partial charge in [0.05, 0.1) is 11.1 Å². The summed E-state index contributed by atoms with van der Waals surface area (Å²) in [5.41, 5.74) is 1.53. The van der Waals surface area contributed by atoms with Crippen LogP contribution < -0.4 is 0 Å². The maximum absolute atomic E-state index is 13.1. The molecule has 21 heavy (non-hydrogen) atoms. The molecule has 4 heteroatoms. The summed E-state index contributed by atoms with van der Waals surface area (Å²) < 4.78 is 39.4. The number of benzene rings is 2. The van der Waals surface area contributed by atoms with E-state index in [1.807, 2.05) is 36.4 Å². The van der Waals surface area contributed by atoms with Gasteiger partial charge in [-0.2, -0.15) is 13.2 Å². The average molecular weight is 287 g/mol. The van der Waals surface area contributed by atoms with Gasteiger partial charge in [0, 0.05) is 11.1 Å². The van der Waals surface area contributed by atoms with Crippen LogP contribution >= 0.6 is 0 Å². The van der Waals surface area contributed by atoms with Crippen LogP contribution in [-0.4, -0.2) is 4.98 Å². The SMILES string of the molecule is Cc1cc(-c2ccccc2)c2cccc(C(F)(F)F)c2n1. The Balaban J connectivity index is 2.38. The quantitative estimate of drug-likeness (QED) is 0.597. The molecule has 0 aliphatic rings. The summed E-state index contributed by atoms with van der Waals surface area (Å²) in [6.07, 6.45) is -4.41. The van der Waals surface area contributed by atoms with Crippen molar-refractivity contribution in [1.82, 2.24) is 4.98 Å². The van der Waals surface area contributed by atoms with E-state index in [4.69, 9.17) is 0 Å². The summed E-state index contributed by atoms with van der Waals surface area (Å²) >= 11 is 0. The Kier molecular flexibility index (Phi) is 3.16. The van der Waals surface area contributed by atoms with Crippen molar-refractivity contribution in [1.29, 1.82) is 0 Å². The third-order valence-corrected chi connectivity index (χ3v) is 3.36. The smallest absolute Gasteiger partial charge is 0.252 e. The number of para-hydroxylation sites is 1. The second kappa shape index (κ2) is 4.88. The number of nitrogens with zero attached hydrogens (tertiary/aromatic N) is 1. The zero-order chi connectivity index (χ0) is 15.0. The molecule has 1 heterocycles. The van der Waals surface area contributed by atoms with E-state index in [2.05, 4.69) is 4.98 Å². The fraction of sp³-hybridized carbons (Fsp3) is 0.118. The first-order valence-corrected chi connectivity index (χ1v) is 6.50. The first kappa shape index (κ1) is 13.6. The van der Waals surface area contributed by atoms with Gasteiger partial charge in [-0.05, 0) is 30.2 Å². The Morgan fingerprint density at radius 3 is 2.29 bits per heavy atom. The van der Waals surface area contributed by atoms with E-state index in [1.54, 1.807) is 13.0 Å². The topological polar surface area (TPSA) is 12.9 Å². The molecule has 3 rings (SSSR count). The van der Waals surface area contributed by atoms with E-state index >= 15 is 0 Å². The molecule has 0 saturated carbocycles. The van der Waals surface area contributed by atoms with Gasteiger partial charge in [-0.1, -0.05) is 42.5 Å². The highest BCUT2D eigenvalue weighted by Gasteiger charge is 2.33. The van der Waals surface area contributed by atoms with E-state index in [0.717, 1.165) is 17.2 Å². The summed E-state index contributed by atoms with van der Waals surface area (Å²) in [6.45, 7) is 1.71. The summed E-state index contributed by atoms with van der Waals surface area (Å²) in [4.78, 5) is 4.11. The van der Waals surface area contributed by atoms with Crippen LogP contribution in [0.25, 0.3) is 22.0 Å². The second-order valence-corrected chi connectivity index (χ2v) is 4.88. The van der Waals surface area contributed by atoms with Gasteiger partial charge in [-0.3, -0.25) is 4.98 Å². The van der Waals surface area contributed by atoms with E-state index in [1.165, 1.54) is 6.07 Å². The molecule has 0 aliphatic heterocycles. The van der Waals surface area contributed by atoms with Gasteiger partial charge in [0.2, 0.25) is 0 Å². The zero-order valence-corrected chi connectivity index (χ0v) is 11.3. The van der Waals surface area contributed by atoms with Crippen LogP contribution in [0.5, 0.6) is 0 Å². The van der Waals surface area contributed by atoms with Gasteiger partial charge < -0.3 is 0 Å². The number of pyridine rings is 1. The molecule has 0 N–H and O–H groups in total. The molecule has 0 aliphatic carbocycles. The third-order valence-electron chi connectivity index (χ3n) is 3.36. The summed E-state index contributed by atoms with van der Waals surface area (Å²) in [6, 6.07) is 15.4. The molecule has 0 spiro atoms. The molecule has 1 aromatic heterocycles. The van der Waals surface area contributed by atoms with Crippen molar-refractivity contribution in [2.24, 2.45) is 0 Å². The number of hydrogen-bond donors (Lipinski definition) is 0. The van der Waals surface area contributed by atoms with E-state index in [0.29, 0.717) is 11.1 Å². The van der Waals surface area contributed by atoms with Crippen LogP contribution in [0, 0.1) is 6.92 Å². The van der Waals surface area contributed by atoms with Crippen LogP contribution in [0.1, 0.15) is 11.3 Å². The molecular formula is C17H12F3N. The lowest BCUT2D eigenvalue weighted by Crippen LogP contribution is -2.07. The van der Waals surface area contributed by atoms with Crippen molar-refractivity contribution >= 4 is 10.9 Å². The summed E-state index contributed by atoms with van der Waals surface area (Å²) in [7, 11) is 0. The Labute approximate surface area is 120 Å². The second-order valence-electron chi connectivity index (χ2n) is 4.88. The Morgan fingerprint density at radius 1 is 0.905 bits per heavy atom. The number of rotatable bonds is 1. The van der Waals surface area contributed by atoms with Crippen LogP contribution in [0.3, 0.4) is 0 Å². The van der Waals surface area contributed by atoms with Crippen LogP contribution in [-0.2, 0) is 6.18 Å². The van der Waals surface area contributed by atoms with Crippen molar-refractivity contribution in [2.75, 3.05) is 0 Å². The lowest BCUT2D eigenvalue weighted by atomic mass is 9.98. The van der Waals surface area contributed by atoms with Gasteiger partial charge in [0.25, 0.3) is 0 Å². The monoisotopic (exact) mass is 287 g/mol. The normalized spacial score (nSPS) is 11.8. The third kappa shape index (κ3) is 2.49. The van der Waals surface area contributed by atoms with Crippen molar-refractivity contribution < 1.29 is 13.2 Å². The van der Waals surface area contributed by atoms with E-state index in [9.17, 15) is 13.2 Å². The largest absolute Gasteiger partial charge is 0.418 e. The standard InChI is InChI=1S/C17H12F3N/c1-11-10-14(12-6-3-2-4-7-12)13-8-5-9-15(16(13)21-11)17(18,19)20/h2-10H,1H3. The van der Waals surface area contributed by atoms with E-state index in [-0.39, 0.29) is 5.52 Å². The maximum atomic E-state index is 13.1. The van der Waals surface area contributed by atoms with E-state index < -0.39 is 11.7 Å². The minimum atomic E-state index is -4.41. The fourth-order valence-corrected chi connectivity index (χ4v) is 2.46. The van der Waals surface area contributed by atoms with Gasteiger partial charge in [-0.25, -0.2) is 0 Å². The minimum Gasteiger partial charge on any atom is -0.252 e.